The Morgan fingerprint density at radius 2 is 2.11 bits per heavy atom. The second kappa shape index (κ2) is 5.40. The van der Waals surface area contributed by atoms with Gasteiger partial charge in [-0.1, -0.05) is 13.8 Å². The van der Waals surface area contributed by atoms with E-state index >= 15 is 0 Å². The summed E-state index contributed by atoms with van der Waals surface area (Å²) in [5.74, 6) is 0.471. The van der Waals surface area contributed by atoms with E-state index in [9.17, 15) is 0 Å². The van der Waals surface area contributed by atoms with Crippen LogP contribution >= 0.6 is 0 Å². The van der Waals surface area contributed by atoms with Crippen LogP contribution in [-0.4, -0.2) is 14.3 Å². The largest absolute Gasteiger partial charge is 0.354 e. The van der Waals surface area contributed by atoms with Crippen LogP contribution in [0.1, 0.15) is 31.0 Å². The van der Waals surface area contributed by atoms with E-state index in [2.05, 4.69) is 48.2 Å². The summed E-state index contributed by atoms with van der Waals surface area (Å²) in [6.07, 6.45) is 9.24. The highest BCUT2D eigenvalue weighted by molar-refractivity contribution is 5.16. The quantitative estimate of drug-likeness (QED) is 0.878. The van der Waals surface area contributed by atoms with E-state index in [-0.39, 0.29) is 6.04 Å². The van der Waals surface area contributed by atoms with Crippen molar-refractivity contribution in [1.29, 1.82) is 0 Å². The first-order valence-corrected chi connectivity index (χ1v) is 6.45. The molecule has 2 heterocycles. The fraction of sp³-hybridized carbons (Fsp3) is 0.500. The Labute approximate surface area is 108 Å². The lowest BCUT2D eigenvalue weighted by Gasteiger charge is -2.13. The van der Waals surface area contributed by atoms with Gasteiger partial charge in [-0.25, -0.2) is 0 Å². The fourth-order valence-electron chi connectivity index (χ4n) is 2.04. The van der Waals surface area contributed by atoms with Crippen LogP contribution in [0, 0.1) is 5.92 Å². The Kier molecular flexibility index (Phi) is 3.87. The summed E-state index contributed by atoms with van der Waals surface area (Å²) in [4.78, 5) is 0. The molecule has 0 bridgehead atoms. The lowest BCUT2D eigenvalue weighted by molar-refractivity contribution is 0.513. The summed E-state index contributed by atoms with van der Waals surface area (Å²) in [7, 11) is 1.94. The van der Waals surface area contributed by atoms with Crippen LogP contribution in [0.5, 0.6) is 0 Å². The molecular weight excluding hydrogens is 224 g/mol. The predicted molar refractivity (Wildman–Crippen MR) is 73.1 cm³/mol. The van der Waals surface area contributed by atoms with Crippen molar-refractivity contribution in [3.05, 3.63) is 42.0 Å². The maximum Gasteiger partial charge on any atom is 0.0522 e. The molecular formula is C14H22N4. The Bertz CT molecular complexity index is 495. The Morgan fingerprint density at radius 3 is 2.72 bits per heavy atom. The summed E-state index contributed by atoms with van der Waals surface area (Å²) in [6.45, 7) is 5.27. The summed E-state index contributed by atoms with van der Waals surface area (Å²) in [6, 6.07) is 2.25. The van der Waals surface area contributed by atoms with Gasteiger partial charge in [-0.15, -0.1) is 0 Å². The molecule has 0 saturated carbocycles. The van der Waals surface area contributed by atoms with Crippen molar-refractivity contribution in [3.63, 3.8) is 0 Å². The van der Waals surface area contributed by atoms with E-state index in [0.29, 0.717) is 5.92 Å². The van der Waals surface area contributed by atoms with Crippen molar-refractivity contribution in [1.82, 2.24) is 14.3 Å². The normalized spacial score (nSPS) is 13.2. The van der Waals surface area contributed by atoms with Gasteiger partial charge in [-0.05, 0) is 29.5 Å². The molecule has 4 nitrogen and oxygen atoms in total. The van der Waals surface area contributed by atoms with Crippen LogP contribution in [0.15, 0.2) is 30.9 Å². The maximum absolute atomic E-state index is 6.14. The van der Waals surface area contributed by atoms with Gasteiger partial charge in [0.25, 0.3) is 0 Å². The van der Waals surface area contributed by atoms with Crippen molar-refractivity contribution in [2.45, 2.75) is 32.9 Å². The van der Waals surface area contributed by atoms with Gasteiger partial charge in [-0.3, -0.25) is 4.68 Å². The first-order valence-electron chi connectivity index (χ1n) is 6.45. The van der Waals surface area contributed by atoms with Crippen LogP contribution in [0.2, 0.25) is 0 Å². The highest BCUT2D eigenvalue weighted by Gasteiger charge is 2.11. The average Bonchev–Trinajstić information content (AvgIpc) is 2.94. The molecule has 0 aliphatic heterocycles. The van der Waals surface area contributed by atoms with Gasteiger partial charge in [0.1, 0.15) is 0 Å². The monoisotopic (exact) mass is 246 g/mol. The molecule has 0 aliphatic carbocycles. The van der Waals surface area contributed by atoms with Crippen LogP contribution < -0.4 is 5.73 Å². The van der Waals surface area contributed by atoms with Gasteiger partial charge in [0.15, 0.2) is 0 Å². The third kappa shape index (κ3) is 3.01. The zero-order valence-corrected chi connectivity index (χ0v) is 11.4. The Morgan fingerprint density at radius 1 is 1.33 bits per heavy atom. The van der Waals surface area contributed by atoms with Gasteiger partial charge in [-0.2, -0.15) is 5.10 Å². The second-order valence-electron chi connectivity index (χ2n) is 5.22. The molecule has 1 unspecified atom stereocenters. The van der Waals surface area contributed by atoms with Gasteiger partial charge in [0, 0.05) is 38.2 Å². The lowest BCUT2D eigenvalue weighted by Crippen LogP contribution is -2.15. The first-order chi connectivity index (χ1) is 8.56. The highest BCUT2D eigenvalue weighted by atomic mass is 15.2. The minimum Gasteiger partial charge on any atom is -0.354 e. The standard InChI is InChI=1S/C14H22N4/c1-11(2)14(15)13-5-7-18(10-13)6-4-12-8-16-17(3)9-12/h5,7-11,14H,4,6,15H2,1-3H3. The van der Waals surface area contributed by atoms with Gasteiger partial charge >= 0.3 is 0 Å². The van der Waals surface area contributed by atoms with E-state index in [4.69, 9.17) is 5.73 Å². The molecule has 2 aromatic rings. The zero-order valence-electron chi connectivity index (χ0n) is 11.4. The van der Waals surface area contributed by atoms with E-state index in [1.807, 2.05) is 17.9 Å². The molecule has 0 radical (unpaired) electrons. The molecule has 2 N–H and O–H groups in total. The van der Waals surface area contributed by atoms with Crippen molar-refractivity contribution >= 4 is 0 Å². The van der Waals surface area contributed by atoms with Crippen LogP contribution in [0.4, 0.5) is 0 Å². The molecule has 4 heteroatoms. The third-order valence-corrected chi connectivity index (χ3v) is 3.29. The van der Waals surface area contributed by atoms with Crippen LogP contribution in [0.25, 0.3) is 0 Å². The molecule has 0 aromatic carbocycles. The number of nitrogens with zero attached hydrogens (tertiary/aromatic N) is 3. The summed E-state index contributed by atoms with van der Waals surface area (Å²) in [5, 5.41) is 4.17. The van der Waals surface area contributed by atoms with Crippen LogP contribution in [-0.2, 0) is 20.0 Å². The number of hydrogen-bond donors (Lipinski definition) is 1. The summed E-state index contributed by atoms with van der Waals surface area (Å²) >= 11 is 0. The topological polar surface area (TPSA) is 48.8 Å². The minimum absolute atomic E-state index is 0.129. The summed E-state index contributed by atoms with van der Waals surface area (Å²) < 4.78 is 4.04. The first kappa shape index (κ1) is 12.9. The zero-order chi connectivity index (χ0) is 13.1. The number of rotatable bonds is 5. The van der Waals surface area contributed by atoms with Crippen molar-refractivity contribution in [2.24, 2.45) is 18.7 Å². The van der Waals surface area contributed by atoms with Crippen molar-refractivity contribution < 1.29 is 0 Å². The van der Waals surface area contributed by atoms with Gasteiger partial charge in [0.05, 0.1) is 6.20 Å². The van der Waals surface area contributed by atoms with E-state index < -0.39 is 0 Å². The van der Waals surface area contributed by atoms with Crippen molar-refractivity contribution in [2.75, 3.05) is 0 Å². The minimum atomic E-state index is 0.129. The van der Waals surface area contributed by atoms with E-state index in [0.717, 1.165) is 13.0 Å². The van der Waals surface area contributed by atoms with E-state index in [1.165, 1.54) is 11.1 Å². The second-order valence-corrected chi connectivity index (χ2v) is 5.22. The van der Waals surface area contributed by atoms with Crippen LogP contribution in [0.3, 0.4) is 0 Å². The predicted octanol–water partition coefficient (Wildman–Crippen LogP) is 2.12. The molecule has 0 aliphatic rings. The lowest BCUT2D eigenvalue weighted by atomic mass is 10.00. The van der Waals surface area contributed by atoms with Crippen molar-refractivity contribution in [3.8, 4) is 0 Å². The Balaban J connectivity index is 1.94. The third-order valence-electron chi connectivity index (χ3n) is 3.29. The molecule has 0 amide bonds. The number of hydrogen-bond acceptors (Lipinski definition) is 2. The number of aryl methyl sites for hydroxylation is 3. The molecule has 2 aromatic heterocycles. The van der Waals surface area contributed by atoms with Gasteiger partial charge in [0.2, 0.25) is 0 Å². The van der Waals surface area contributed by atoms with Gasteiger partial charge < -0.3 is 10.3 Å². The number of aromatic nitrogens is 3. The maximum atomic E-state index is 6.14. The number of nitrogens with two attached hydrogens (primary N) is 1. The molecule has 2 rings (SSSR count). The highest BCUT2D eigenvalue weighted by Crippen LogP contribution is 2.19. The molecule has 1 atom stereocenters. The molecule has 0 saturated heterocycles. The molecule has 0 spiro atoms. The SMILES string of the molecule is CC(C)C(N)c1ccn(CCc2cnn(C)c2)c1. The molecule has 18 heavy (non-hydrogen) atoms. The smallest absolute Gasteiger partial charge is 0.0522 e. The fourth-order valence-corrected chi connectivity index (χ4v) is 2.04. The average molecular weight is 246 g/mol. The molecule has 98 valence electrons. The van der Waals surface area contributed by atoms with E-state index in [1.54, 1.807) is 0 Å². The summed E-state index contributed by atoms with van der Waals surface area (Å²) in [5.41, 5.74) is 8.62. The molecule has 0 fully saturated rings. The Hall–Kier alpha value is -1.55.